The molecule has 1 N–H and O–H groups in total. The molecular weight excluding hydrogens is 335 g/mol. The molecule has 0 aliphatic carbocycles. The quantitative estimate of drug-likeness (QED) is 0.866. The summed E-state index contributed by atoms with van der Waals surface area (Å²) in [4.78, 5) is 25.4. The lowest BCUT2D eigenvalue weighted by atomic mass is 10.2. The van der Waals surface area contributed by atoms with Crippen molar-refractivity contribution in [2.75, 3.05) is 25.0 Å². The summed E-state index contributed by atoms with van der Waals surface area (Å²) >= 11 is 0. The Hall–Kier alpha value is -2.77. The molecule has 1 heterocycles. The molecule has 0 fully saturated rings. The summed E-state index contributed by atoms with van der Waals surface area (Å²) in [6.07, 6.45) is -3.91. The fourth-order valence-electron chi connectivity index (χ4n) is 2.21. The number of hydrogen-bond donors (Lipinski definition) is 1. The number of carbonyl (C=O) groups is 1. The molecule has 0 aliphatic heterocycles. The molecule has 8 heteroatoms. The van der Waals surface area contributed by atoms with Crippen LogP contribution in [0, 0.1) is 0 Å². The number of benzene rings is 1. The topological polar surface area (TPSA) is 54.3 Å². The van der Waals surface area contributed by atoms with Gasteiger partial charge in [0.1, 0.15) is 6.54 Å². The van der Waals surface area contributed by atoms with E-state index in [0.29, 0.717) is 25.4 Å². The van der Waals surface area contributed by atoms with Gasteiger partial charge in [-0.3, -0.25) is 9.59 Å². The van der Waals surface area contributed by atoms with Gasteiger partial charge in [-0.15, -0.1) is 0 Å². The fourth-order valence-corrected chi connectivity index (χ4v) is 2.21. The summed E-state index contributed by atoms with van der Waals surface area (Å²) in [6, 6.07) is 11.0. The number of para-hydroxylation sites is 1. The summed E-state index contributed by atoms with van der Waals surface area (Å²) in [7, 11) is 1.86. The minimum absolute atomic E-state index is 0.304. The van der Waals surface area contributed by atoms with Crippen LogP contribution in [0.25, 0.3) is 0 Å². The number of nitrogens with zero attached hydrogens (tertiary/aromatic N) is 2. The largest absolute Gasteiger partial charge is 0.417 e. The van der Waals surface area contributed by atoms with Gasteiger partial charge in [0.25, 0.3) is 5.56 Å². The van der Waals surface area contributed by atoms with E-state index >= 15 is 0 Å². The van der Waals surface area contributed by atoms with Crippen LogP contribution in [0.3, 0.4) is 0 Å². The third-order valence-electron chi connectivity index (χ3n) is 3.59. The van der Waals surface area contributed by atoms with Gasteiger partial charge in [-0.1, -0.05) is 18.2 Å². The van der Waals surface area contributed by atoms with Gasteiger partial charge in [0.15, 0.2) is 0 Å². The third kappa shape index (κ3) is 5.37. The molecular formula is C17H18F3N3O2. The third-order valence-corrected chi connectivity index (χ3v) is 3.59. The van der Waals surface area contributed by atoms with Crippen molar-refractivity contribution in [3.05, 3.63) is 64.6 Å². The molecule has 1 aromatic carbocycles. The van der Waals surface area contributed by atoms with E-state index in [0.717, 1.165) is 16.3 Å². The zero-order valence-corrected chi connectivity index (χ0v) is 13.6. The van der Waals surface area contributed by atoms with E-state index in [4.69, 9.17) is 0 Å². The zero-order valence-electron chi connectivity index (χ0n) is 13.6. The number of hydrogen-bond acceptors (Lipinski definition) is 3. The highest BCUT2D eigenvalue weighted by Crippen LogP contribution is 2.27. The van der Waals surface area contributed by atoms with Crippen molar-refractivity contribution in [3.8, 4) is 0 Å². The monoisotopic (exact) mass is 353 g/mol. The van der Waals surface area contributed by atoms with Crippen molar-refractivity contribution in [1.29, 1.82) is 0 Å². The first-order valence-electron chi connectivity index (χ1n) is 7.58. The minimum atomic E-state index is -4.57. The molecule has 5 nitrogen and oxygen atoms in total. The van der Waals surface area contributed by atoms with Crippen molar-refractivity contribution in [1.82, 2.24) is 9.88 Å². The number of alkyl halides is 3. The fraction of sp³-hybridized carbons (Fsp3) is 0.294. The lowest BCUT2D eigenvalue weighted by Crippen LogP contribution is -2.36. The standard InChI is InChI=1S/C17H18F3N3O2/c1-22(14-5-3-2-4-6-14)10-9-21-15(24)12-23-11-13(17(18,19)20)7-8-16(23)25/h2-8,11H,9-10,12H2,1H3,(H,21,24). The van der Waals surface area contributed by atoms with Crippen molar-refractivity contribution in [2.45, 2.75) is 12.7 Å². The molecule has 0 unspecified atom stereocenters. The number of nitrogens with one attached hydrogen (secondary N) is 1. The van der Waals surface area contributed by atoms with Crippen LogP contribution in [0.2, 0.25) is 0 Å². The van der Waals surface area contributed by atoms with Crippen molar-refractivity contribution in [2.24, 2.45) is 0 Å². The number of aromatic nitrogens is 1. The van der Waals surface area contributed by atoms with Crippen LogP contribution in [-0.4, -0.2) is 30.6 Å². The molecule has 0 saturated carbocycles. The number of likely N-dealkylation sites (N-methyl/N-ethyl adjacent to an activating group) is 1. The lowest BCUT2D eigenvalue weighted by molar-refractivity contribution is -0.138. The van der Waals surface area contributed by atoms with E-state index in [1.165, 1.54) is 0 Å². The Morgan fingerprint density at radius 3 is 2.48 bits per heavy atom. The van der Waals surface area contributed by atoms with Crippen LogP contribution in [-0.2, 0) is 17.5 Å². The molecule has 2 rings (SSSR count). The predicted molar refractivity (Wildman–Crippen MR) is 88.4 cm³/mol. The maximum absolute atomic E-state index is 12.7. The first-order valence-corrected chi connectivity index (χ1v) is 7.58. The first kappa shape index (κ1) is 18.6. The SMILES string of the molecule is CN(CCNC(=O)Cn1cc(C(F)(F)F)ccc1=O)c1ccccc1. The maximum Gasteiger partial charge on any atom is 0.417 e. The van der Waals surface area contributed by atoms with E-state index in [1.54, 1.807) is 0 Å². The van der Waals surface area contributed by atoms with Crippen LogP contribution in [0.4, 0.5) is 18.9 Å². The molecule has 1 aromatic heterocycles. The molecule has 0 saturated heterocycles. The highest BCUT2D eigenvalue weighted by molar-refractivity contribution is 5.75. The van der Waals surface area contributed by atoms with Gasteiger partial charge in [-0.2, -0.15) is 13.2 Å². The number of anilines is 1. The van der Waals surface area contributed by atoms with Crippen molar-refractivity contribution < 1.29 is 18.0 Å². The Balaban J connectivity index is 1.89. The number of pyridine rings is 1. The van der Waals surface area contributed by atoms with Crippen LogP contribution < -0.4 is 15.8 Å². The second-order valence-corrected chi connectivity index (χ2v) is 5.49. The number of rotatable bonds is 6. The van der Waals surface area contributed by atoms with Crippen LogP contribution in [0.5, 0.6) is 0 Å². The Kier molecular flexibility index (Phi) is 5.84. The molecule has 0 aliphatic rings. The second-order valence-electron chi connectivity index (χ2n) is 5.49. The first-order chi connectivity index (χ1) is 11.8. The van der Waals surface area contributed by atoms with Gasteiger partial charge < -0.3 is 14.8 Å². The Morgan fingerprint density at radius 1 is 1.16 bits per heavy atom. The Labute approximate surface area is 142 Å². The van der Waals surface area contributed by atoms with E-state index < -0.39 is 29.8 Å². The summed E-state index contributed by atoms with van der Waals surface area (Å²) < 4.78 is 38.8. The van der Waals surface area contributed by atoms with Crippen LogP contribution >= 0.6 is 0 Å². The Morgan fingerprint density at radius 2 is 1.84 bits per heavy atom. The van der Waals surface area contributed by atoms with Crippen LogP contribution in [0.15, 0.2) is 53.5 Å². The molecule has 25 heavy (non-hydrogen) atoms. The second kappa shape index (κ2) is 7.87. The predicted octanol–water partition coefficient (Wildman–Crippen LogP) is 2.12. The van der Waals surface area contributed by atoms with Crippen molar-refractivity contribution >= 4 is 11.6 Å². The van der Waals surface area contributed by atoms with E-state index in [-0.39, 0.29) is 0 Å². The molecule has 0 radical (unpaired) electrons. The average molecular weight is 353 g/mol. The molecule has 0 bridgehead atoms. The van der Waals surface area contributed by atoms with Gasteiger partial charge in [0, 0.05) is 38.1 Å². The van der Waals surface area contributed by atoms with Gasteiger partial charge in [-0.25, -0.2) is 0 Å². The maximum atomic E-state index is 12.7. The summed E-state index contributed by atoms with van der Waals surface area (Å²) in [5.74, 6) is -0.525. The highest BCUT2D eigenvalue weighted by Gasteiger charge is 2.31. The number of amides is 1. The van der Waals surface area contributed by atoms with E-state index in [9.17, 15) is 22.8 Å². The van der Waals surface area contributed by atoms with E-state index in [1.807, 2.05) is 42.3 Å². The van der Waals surface area contributed by atoms with Gasteiger partial charge in [-0.05, 0) is 18.2 Å². The number of halogens is 3. The smallest absolute Gasteiger partial charge is 0.373 e. The van der Waals surface area contributed by atoms with Crippen LogP contribution in [0.1, 0.15) is 5.56 Å². The number of carbonyl (C=O) groups excluding carboxylic acids is 1. The van der Waals surface area contributed by atoms with Gasteiger partial charge >= 0.3 is 6.18 Å². The van der Waals surface area contributed by atoms with E-state index in [2.05, 4.69) is 5.32 Å². The molecule has 2 aromatic rings. The average Bonchev–Trinajstić information content (AvgIpc) is 2.56. The van der Waals surface area contributed by atoms with Gasteiger partial charge in [0.2, 0.25) is 5.91 Å². The summed E-state index contributed by atoms with van der Waals surface area (Å²) in [5, 5.41) is 2.60. The summed E-state index contributed by atoms with van der Waals surface area (Å²) in [5.41, 5.74) is -0.654. The highest BCUT2D eigenvalue weighted by atomic mass is 19.4. The summed E-state index contributed by atoms with van der Waals surface area (Å²) in [6.45, 7) is 0.364. The molecule has 134 valence electrons. The molecule has 1 amide bonds. The Bertz CT molecular complexity index is 773. The lowest BCUT2D eigenvalue weighted by Gasteiger charge is -2.19. The molecule has 0 spiro atoms. The molecule has 0 atom stereocenters. The normalized spacial score (nSPS) is 11.2. The van der Waals surface area contributed by atoms with Gasteiger partial charge in [0.05, 0.1) is 5.56 Å². The van der Waals surface area contributed by atoms with Crippen molar-refractivity contribution in [3.63, 3.8) is 0 Å². The minimum Gasteiger partial charge on any atom is -0.373 e. The zero-order chi connectivity index (χ0) is 18.4.